The number of aliphatic hydroxyl groups is 2. The van der Waals surface area contributed by atoms with Crippen molar-refractivity contribution in [3.05, 3.63) is 170 Å². The molecule has 0 aromatic heterocycles. The first kappa shape index (κ1) is 34.2. The Morgan fingerprint density at radius 1 is 0.610 bits per heavy atom. The van der Waals surface area contributed by atoms with Crippen LogP contribution in [0.15, 0.2) is 133 Å². The molecule has 212 valence electrons. The second-order valence-electron chi connectivity index (χ2n) is 10.0. The molecule has 2 atom stereocenters. The van der Waals surface area contributed by atoms with E-state index in [1.54, 1.807) is 6.08 Å². The van der Waals surface area contributed by atoms with Crippen LogP contribution in [0, 0.1) is 14.4 Å². The van der Waals surface area contributed by atoms with Gasteiger partial charge in [0.15, 0.2) is 5.79 Å². The summed E-state index contributed by atoms with van der Waals surface area (Å²) in [6.45, 7) is 8.99. The Hall–Kier alpha value is -2.96. The summed E-state index contributed by atoms with van der Waals surface area (Å²) in [6, 6.07) is 37.8. The number of allylic oxidation sites excluding steroid dienone is 2. The molecule has 0 aliphatic carbocycles. The molecule has 4 aromatic carbocycles. The average molecular weight is 585 g/mol. The Labute approximate surface area is 260 Å². The van der Waals surface area contributed by atoms with Crippen LogP contribution in [0.2, 0.25) is 0 Å². The maximum atomic E-state index is 12.6. The van der Waals surface area contributed by atoms with Gasteiger partial charge in [-0.25, -0.2) is 19.1 Å². The van der Waals surface area contributed by atoms with E-state index in [4.69, 9.17) is 9.47 Å². The van der Waals surface area contributed by atoms with E-state index in [2.05, 4.69) is 6.92 Å². The number of ether oxygens (including phenoxy) is 2. The van der Waals surface area contributed by atoms with E-state index in [1.807, 2.05) is 148 Å². The van der Waals surface area contributed by atoms with Gasteiger partial charge in [-0.2, -0.15) is 0 Å². The van der Waals surface area contributed by atoms with Crippen LogP contribution in [0.1, 0.15) is 43.0 Å². The first-order valence-corrected chi connectivity index (χ1v) is 13.2. The van der Waals surface area contributed by atoms with E-state index in [-0.39, 0.29) is 29.1 Å². The van der Waals surface area contributed by atoms with Crippen LogP contribution in [0.4, 0.5) is 0 Å². The molecule has 4 aromatic rings. The fourth-order valence-corrected chi connectivity index (χ4v) is 5.13. The first-order valence-electron chi connectivity index (χ1n) is 13.2. The topological polar surface area (TPSA) is 58.9 Å². The van der Waals surface area contributed by atoms with Gasteiger partial charge in [-0.15, -0.1) is 6.92 Å². The molecule has 41 heavy (non-hydrogen) atoms. The van der Waals surface area contributed by atoms with Gasteiger partial charge in [0.1, 0.15) is 23.4 Å². The van der Waals surface area contributed by atoms with Crippen LogP contribution in [0.25, 0.3) is 0 Å². The maximum absolute atomic E-state index is 12.6. The van der Waals surface area contributed by atoms with Crippen molar-refractivity contribution in [3.8, 4) is 0 Å². The summed E-state index contributed by atoms with van der Waals surface area (Å²) in [7, 11) is 0. The van der Waals surface area contributed by atoms with Gasteiger partial charge in [0, 0.05) is 0 Å². The number of benzene rings is 4. The summed E-state index contributed by atoms with van der Waals surface area (Å²) in [4.78, 5) is 0. The number of rotatable bonds is 6. The molecule has 5 heteroatoms. The Kier molecular flexibility index (Phi) is 12.4. The fraction of sp³-hybridized carbons (Fsp3) is 0.222. The minimum Gasteiger partial charge on any atom is -0.378 e. The second kappa shape index (κ2) is 14.8. The first-order chi connectivity index (χ1) is 18.8. The third kappa shape index (κ3) is 7.10. The Morgan fingerprint density at radius 3 is 1.02 bits per heavy atom. The van der Waals surface area contributed by atoms with Gasteiger partial charge < -0.3 is 27.1 Å². The van der Waals surface area contributed by atoms with Crippen molar-refractivity contribution in [2.75, 3.05) is 0 Å². The predicted octanol–water partition coefficient (Wildman–Crippen LogP) is 7.22. The zero-order chi connectivity index (χ0) is 27.9. The summed E-state index contributed by atoms with van der Waals surface area (Å²) in [5.74, 6) is -1.05. The molecule has 0 spiro atoms. The van der Waals surface area contributed by atoms with Gasteiger partial charge in [-0.3, -0.25) is 0 Å². The van der Waals surface area contributed by atoms with Crippen molar-refractivity contribution in [2.24, 2.45) is 0 Å². The molecule has 1 aliphatic heterocycles. The molecule has 0 radical (unpaired) electrons. The van der Waals surface area contributed by atoms with Crippen LogP contribution in [0.3, 0.4) is 0 Å². The fourth-order valence-electron chi connectivity index (χ4n) is 5.13. The van der Waals surface area contributed by atoms with Crippen LogP contribution < -0.4 is 0 Å². The normalized spacial score (nSPS) is 18.0. The standard InChI is InChI=1S/C31H30O4.C4H7.CH3.Ti/c1-29(2)34-27(30(32,23-15-7-3-8-16-23)24-17-9-4-10-18-24)28(35-29)31(33,25-19-11-5-12-20-25)26-21-13-6-14-22-26;1-3-4-2;;/h3-22,27-28,32-33H,1-2H3;3-4H,1H2,2H3;1H3;/q;2*-1;+2/b;4-3+;;/t27-,28-;;;/m1.../s1. The molecule has 4 nitrogen and oxygen atoms in total. The van der Waals surface area contributed by atoms with Crippen LogP contribution in [-0.4, -0.2) is 28.2 Å². The van der Waals surface area contributed by atoms with Gasteiger partial charge in [-0.05, 0) is 36.1 Å². The molecule has 5 rings (SSSR count). The van der Waals surface area contributed by atoms with Crippen molar-refractivity contribution in [2.45, 2.75) is 50.0 Å². The van der Waals surface area contributed by atoms with Crippen LogP contribution in [-0.2, 0) is 42.4 Å². The molecule has 0 saturated carbocycles. The summed E-state index contributed by atoms with van der Waals surface area (Å²) >= 11 is 0. The predicted molar refractivity (Wildman–Crippen MR) is 162 cm³/mol. The van der Waals surface area contributed by atoms with E-state index in [0.717, 1.165) is 0 Å². The van der Waals surface area contributed by atoms with Crippen molar-refractivity contribution >= 4 is 0 Å². The molecule has 0 unspecified atom stereocenters. The Morgan fingerprint density at radius 2 is 0.829 bits per heavy atom. The average Bonchev–Trinajstić information content (AvgIpc) is 3.34. The smallest absolute Gasteiger partial charge is 0.378 e. The van der Waals surface area contributed by atoms with E-state index in [0.29, 0.717) is 22.3 Å². The largest absolute Gasteiger partial charge is 2.00 e. The van der Waals surface area contributed by atoms with Crippen LogP contribution >= 0.6 is 0 Å². The molecule has 0 amide bonds. The zero-order valence-corrected chi connectivity index (χ0v) is 25.8. The molecule has 1 saturated heterocycles. The quantitative estimate of drug-likeness (QED) is 0.186. The molecule has 1 fully saturated rings. The van der Waals surface area contributed by atoms with Crippen LogP contribution in [0.5, 0.6) is 0 Å². The monoisotopic (exact) mass is 584 g/mol. The minimum absolute atomic E-state index is 0. The van der Waals surface area contributed by atoms with E-state index >= 15 is 0 Å². The molecule has 1 aliphatic rings. The Bertz CT molecular complexity index is 1140. The molecule has 1 heterocycles. The number of hydrogen-bond donors (Lipinski definition) is 2. The Balaban J connectivity index is 0.000000921. The molecule has 2 N–H and O–H groups in total. The van der Waals surface area contributed by atoms with Crippen molar-refractivity contribution in [3.63, 3.8) is 0 Å². The van der Waals surface area contributed by atoms with Gasteiger partial charge in [-0.1, -0.05) is 121 Å². The van der Waals surface area contributed by atoms with Gasteiger partial charge >= 0.3 is 21.7 Å². The molecular weight excluding hydrogens is 544 g/mol. The van der Waals surface area contributed by atoms with E-state index < -0.39 is 29.2 Å². The van der Waals surface area contributed by atoms with Crippen molar-refractivity contribution < 1.29 is 41.4 Å². The van der Waals surface area contributed by atoms with Crippen molar-refractivity contribution in [1.82, 2.24) is 0 Å². The van der Waals surface area contributed by atoms with Crippen molar-refractivity contribution in [1.29, 1.82) is 0 Å². The van der Waals surface area contributed by atoms with Gasteiger partial charge in [0.05, 0.1) is 0 Å². The third-order valence-electron chi connectivity index (χ3n) is 7.01. The second-order valence-corrected chi connectivity index (χ2v) is 10.0. The molecular formula is C36H40O4Ti. The summed E-state index contributed by atoms with van der Waals surface area (Å²) < 4.78 is 13.0. The SMILES string of the molecule is CC1(C)O[C@@H](C(O)(c2ccccc2)c2ccccc2)[C@H](C(O)(c2ccccc2)c2ccccc2)O1.[CH2-]/C=C/C.[CH3-].[Ti+2]. The third-order valence-corrected chi connectivity index (χ3v) is 7.01. The summed E-state index contributed by atoms with van der Waals surface area (Å²) in [5, 5.41) is 25.2. The summed E-state index contributed by atoms with van der Waals surface area (Å²) in [6.07, 6.45) is 1.76. The van der Waals surface area contributed by atoms with E-state index in [9.17, 15) is 10.2 Å². The maximum Gasteiger partial charge on any atom is 2.00 e. The van der Waals surface area contributed by atoms with E-state index in [1.165, 1.54) is 0 Å². The number of hydrogen-bond acceptors (Lipinski definition) is 4. The molecule has 0 bridgehead atoms. The zero-order valence-electron chi connectivity index (χ0n) is 24.3. The van der Waals surface area contributed by atoms with Gasteiger partial charge in [0.25, 0.3) is 0 Å². The minimum atomic E-state index is -1.60. The summed E-state index contributed by atoms with van der Waals surface area (Å²) in [5.41, 5.74) is -0.564. The van der Waals surface area contributed by atoms with Gasteiger partial charge in [0.2, 0.25) is 0 Å².